The number of aliphatic hydroxyl groups excluding tert-OH is 1. The smallest absolute Gasteiger partial charge is 0.344 e. The van der Waals surface area contributed by atoms with Gasteiger partial charge in [-0.2, -0.15) is 0 Å². The number of ketones is 1. The second kappa shape index (κ2) is 10.4. The van der Waals surface area contributed by atoms with Gasteiger partial charge in [-0.3, -0.25) is 4.79 Å². The summed E-state index contributed by atoms with van der Waals surface area (Å²) in [4.78, 5) is 38.6. The van der Waals surface area contributed by atoms with Crippen molar-refractivity contribution in [3.8, 4) is 0 Å². The Hall–Kier alpha value is -2.80. The van der Waals surface area contributed by atoms with E-state index in [0.717, 1.165) is 25.3 Å². The van der Waals surface area contributed by atoms with Gasteiger partial charge < -0.3 is 14.6 Å². The number of Topliss-reactive ketones (excluding diaryl/α,β-unsaturated/α-hetero) is 1. The third-order valence-electron chi connectivity index (χ3n) is 10.2. The molecule has 8 atom stereocenters. The van der Waals surface area contributed by atoms with Gasteiger partial charge in [0.05, 0.1) is 6.10 Å². The highest BCUT2D eigenvalue weighted by molar-refractivity contribution is 5.88. The van der Waals surface area contributed by atoms with Gasteiger partial charge in [0.2, 0.25) is 0 Å². The van der Waals surface area contributed by atoms with Crippen LogP contribution in [0.4, 0.5) is 4.39 Å². The molecule has 38 heavy (non-hydrogen) atoms. The molecule has 0 radical (unpaired) electrons. The van der Waals surface area contributed by atoms with Crippen LogP contribution in [0.25, 0.3) is 6.08 Å². The summed E-state index contributed by atoms with van der Waals surface area (Å²) in [6, 6.07) is 5.74. The molecule has 1 aromatic rings. The summed E-state index contributed by atoms with van der Waals surface area (Å²) in [7, 11) is 0. The van der Waals surface area contributed by atoms with E-state index in [-0.39, 0.29) is 29.0 Å². The van der Waals surface area contributed by atoms with Gasteiger partial charge in [0.25, 0.3) is 0 Å². The standard InChI is InChI=1S/C31H39FO6/c1-6-29(4)17-24(38-26(35)18-37-25(34)11-10-21-8-7-9-22(32)16-21)30(5)19(2)12-14-31(20(3)28(29)36)15-13-23(33)27(30)31/h6-11,16,19-20,24,27-28,36H,1,12-15,17-18H2,2-5H3/b11-10+/t19-,20-,24+,27-,28-,29?,30-,31?/m0/s1. The van der Waals surface area contributed by atoms with Crippen molar-refractivity contribution in [2.24, 2.45) is 34.0 Å². The van der Waals surface area contributed by atoms with Gasteiger partial charge in [-0.15, -0.1) is 6.58 Å². The maximum absolute atomic E-state index is 13.4. The number of hydrogen-bond acceptors (Lipinski definition) is 6. The van der Waals surface area contributed by atoms with E-state index in [2.05, 4.69) is 27.4 Å². The zero-order chi connectivity index (χ0) is 27.9. The van der Waals surface area contributed by atoms with E-state index in [1.807, 2.05) is 6.92 Å². The summed E-state index contributed by atoms with van der Waals surface area (Å²) in [5.41, 5.74) is -1.25. The highest BCUT2D eigenvalue weighted by atomic mass is 19.1. The topological polar surface area (TPSA) is 89.9 Å². The molecule has 0 amide bonds. The van der Waals surface area contributed by atoms with Gasteiger partial charge in [0.15, 0.2) is 6.61 Å². The molecule has 2 bridgehead atoms. The molecule has 2 unspecified atom stereocenters. The maximum Gasteiger partial charge on any atom is 0.344 e. The normalized spacial score (nSPS) is 38.7. The highest BCUT2D eigenvalue weighted by Crippen LogP contribution is 2.67. The third kappa shape index (κ3) is 4.74. The third-order valence-corrected chi connectivity index (χ3v) is 10.2. The van der Waals surface area contributed by atoms with Crippen molar-refractivity contribution in [3.05, 3.63) is 54.4 Å². The van der Waals surface area contributed by atoms with E-state index >= 15 is 0 Å². The fraction of sp³-hybridized carbons (Fsp3) is 0.581. The molecular weight excluding hydrogens is 487 g/mol. The molecule has 7 heteroatoms. The molecule has 6 nitrogen and oxygen atoms in total. The van der Waals surface area contributed by atoms with Crippen molar-refractivity contribution < 1.29 is 33.4 Å². The number of benzene rings is 1. The van der Waals surface area contributed by atoms with Crippen LogP contribution >= 0.6 is 0 Å². The predicted octanol–water partition coefficient (Wildman–Crippen LogP) is 5.29. The molecule has 0 aromatic heterocycles. The Labute approximate surface area is 224 Å². The van der Waals surface area contributed by atoms with Crippen LogP contribution in [0.15, 0.2) is 43.0 Å². The van der Waals surface area contributed by atoms with Crippen LogP contribution in [0, 0.1) is 39.8 Å². The lowest BCUT2D eigenvalue weighted by molar-refractivity contribution is -0.208. The lowest BCUT2D eigenvalue weighted by atomic mass is 9.44. The SMILES string of the molecule is C=CC1(C)C[C@@H](OC(=O)COC(=O)/C=C/c2cccc(F)c2)[C@@]2(C)[C@@H]3C(=O)CCC3(CC[C@@H]2C)[C@@H](C)[C@@H]1O. The molecule has 206 valence electrons. The van der Waals surface area contributed by atoms with Gasteiger partial charge in [-0.1, -0.05) is 45.9 Å². The number of halogens is 1. The van der Waals surface area contributed by atoms with E-state index in [1.165, 1.54) is 24.3 Å². The maximum atomic E-state index is 13.4. The van der Waals surface area contributed by atoms with E-state index in [0.29, 0.717) is 18.4 Å². The summed E-state index contributed by atoms with van der Waals surface area (Å²) in [6.07, 6.45) is 6.05. The van der Waals surface area contributed by atoms with E-state index in [4.69, 9.17) is 9.47 Å². The lowest BCUT2D eigenvalue weighted by Gasteiger charge is -2.61. The molecule has 4 rings (SSSR count). The molecule has 1 N–H and O–H groups in total. The monoisotopic (exact) mass is 526 g/mol. The summed E-state index contributed by atoms with van der Waals surface area (Å²) < 4.78 is 24.5. The minimum absolute atomic E-state index is 0.105. The van der Waals surface area contributed by atoms with Crippen LogP contribution in [0.1, 0.15) is 65.4 Å². The zero-order valence-electron chi connectivity index (χ0n) is 22.7. The molecular formula is C31H39FO6. The number of carbonyl (C=O) groups excluding carboxylic acids is 3. The molecule has 3 fully saturated rings. The van der Waals surface area contributed by atoms with Crippen LogP contribution in [-0.2, 0) is 23.9 Å². The zero-order valence-corrected chi connectivity index (χ0v) is 22.7. The number of aliphatic hydroxyl groups is 1. The predicted molar refractivity (Wildman–Crippen MR) is 141 cm³/mol. The van der Waals surface area contributed by atoms with E-state index in [9.17, 15) is 23.9 Å². The minimum Gasteiger partial charge on any atom is -0.459 e. The number of hydrogen-bond donors (Lipinski definition) is 1. The van der Waals surface area contributed by atoms with E-state index in [1.54, 1.807) is 12.1 Å². The summed E-state index contributed by atoms with van der Waals surface area (Å²) >= 11 is 0. The van der Waals surface area contributed by atoms with Crippen LogP contribution in [0.2, 0.25) is 0 Å². The molecule has 3 aliphatic carbocycles. The van der Waals surface area contributed by atoms with Gasteiger partial charge in [-0.25, -0.2) is 14.0 Å². The van der Waals surface area contributed by atoms with Gasteiger partial charge in [0.1, 0.15) is 17.7 Å². The molecule has 0 spiro atoms. The number of ether oxygens (including phenoxy) is 2. The van der Waals surface area contributed by atoms with Crippen LogP contribution in [0.3, 0.4) is 0 Å². The Kier molecular flexibility index (Phi) is 7.72. The molecule has 0 aliphatic heterocycles. The van der Waals surface area contributed by atoms with Crippen molar-refractivity contribution in [2.75, 3.05) is 6.61 Å². The van der Waals surface area contributed by atoms with Crippen molar-refractivity contribution in [1.29, 1.82) is 0 Å². The van der Waals surface area contributed by atoms with E-state index < -0.39 is 47.4 Å². The molecule has 1 aromatic carbocycles. The van der Waals surface area contributed by atoms with Gasteiger partial charge >= 0.3 is 11.9 Å². The van der Waals surface area contributed by atoms with Crippen LogP contribution in [0.5, 0.6) is 0 Å². The number of rotatable bonds is 6. The molecule has 3 saturated carbocycles. The molecule has 0 heterocycles. The summed E-state index contributed by atoms with van der Waals surface area (Å²) in [6.45, 7) is 11.6. The Morgan fingerprint density at radius 2 is 1.97 bits per heavy atom. The molecule has 3 aliphatic rings. The quantitative estimate of drug-likeness (QED) is 0.308. The first-order valence-electron chi connectivity index (χ1n) is 13.5. The minimum atomic E-state index is -0.758. The number of esters is 2. The average molecular weight is 527 g/mol. The lowest BCUT2D eigenvalue weighted by Crippen LogP contribution is -2.63. The second-order valence-corrected chi connectivity index (χ2v) is 12.1. The van der Waals surface area contributed by atoms with Crippen molar-refractivity contribution in [1.82, 2.24) is 0 Å². The first-order valence-corrected chi connectivity index (χ1v) is 13.5. The Morgan fingerprint density at radius 1 is 1.24 bits per heavy atom. The fourth-order valence-electron chi connectivity index (χ4n) is 7.65. The summed E-state index contributed by atoms with van der Waals surface area (Å²) in [5, 5.41) is 11.6. The molecule has 0 saturated heterocycles. The van der Waals surface area contributed by atoms with Crippen LogP contribution < -0.4 is 0 Å². The Balaban J connectivity index is 1.56. The number of carbonyl (C=O) groups is 3. The van der Waals surface area contributed by atoms with Crippen LogP contribution in [-0.4, -0.2) is 41.6 Å². The van der Waals surface area contributed by atoms with Crippen molar-refractivity contribution in [3.63, 3.8) is 0 Å². The summed E-state index contributed by atoms with van der Waals surface area (Å²) in [5.74, 6) is -2.06. The average Bonchev–Trinajstić information content (AvgIpc) is 3.24. The first kappa shape index (κ1) is 28.2. The highest BCUT2D eigenvalue weighted by Gasteiger charge is 2.68. The van der Waals surface area contributed by atoms with Crippen molar-refractivity contribution in [2.45, 2.75) is 72.0 Å². The van der Waals surface area contributed by atoms with Crippen molar-refractivity contribution >= 4 is 23.8 Å². The largest absolute Gasteiger partial charge is 0.459 e. The fourth-order valence-corrected chi connectivity index (χ4v) is 7.65. The van der Waals surface area contributed by atoms with Gasteiger partial charge in [0, 0.05) is 29.2 Å². The Morgan fingerprint density at radius 3 is 2.66 bits per heavy atom. The Bertz CT molecular complexity index is 1140. The first-order chi connectivity index (χ1) is 17.9. The second-order valence-electron chi connectivity index (χ2n) is 12.1. The van der Waals surface area contributed by atoms with Gasteiger partial charge in [-0.05, 0) is 66.7 Å².